The fourth-order valence-corrected chi connectivity index (χ4v) is 3.81. The summed E-state index contributed by atoms with van der Waals surface area (Å²) in [4.78, 5) is 16.0. The Kier molecular flexibility index (Phi) is 5.52. The lowest BCUT2D eigenvalue weighted by Crippen LogP contribution is -2.33. The zero-order valence-corrected chi connectivity index (χ0v) is 15.8. The Bertz CT molecular complexity index is 1070. The van der Waals surface area contributed by atoms with Gasteiger partial charge in [0.15, 0.2) is 10.2 Å². The van der Waals surface area contributed by atoms with E-state index in [2.05, 4.69) is 4.98 Å². The van der Waals surface area contributed by atoms with Gasteiger partial charge in [0.25, 0.3) is 10.0 Å². The summed E-state index contributed by atoms with van der Waals surface area (Å²) in [7, 11) is -4.34. The van der Waals surface area contributed by atoms with Gasteiger partial charge in [-0.3, -0.25) is 4.40 Å². The SMILES string of the molecule is CCCOc1ccc2nc(Cl)c(S(=O)(=O)NC(=O)Oc3ccccc3)n2c1. The van der Waals surface area contributed by atoms with Gasteiger partial charge in [-0.25, -0.2) is 14.5 Å². The molecule has 3 rings (SSSR count). The predicted octanol–water partition coefficient (Wildman–Crippen LogP) is 3.25. The second-order valence-electron chi connectivity index (χ2n) is 5.46. The first-order valence-electron chi connectivity index (χ1n) is 8.01. The number of carbonyl (C=O) groups is 1. The number of nitrogens with one attached hydrogen (secondary N) is 1. The van der Waals surface area contributed by atoms with Crippen molar-refractivity contribution in [2.45, 2.75) is 18.4 Å². The summed E-state index contributed by atoms with van der Waals surface area (Å²) in [6.45, 7) is 2.42. The van der Waals surface area contributed by atoms with E-state index >= 15 is 0 Å². The first-order valence-corrected chi connectivity index (χ1v) is 9.87. The molecule has 10 heteroatoms. The van der Waals surface area contributed by atoms with Crippen LogP contribution in [0.4, 0.5) is 4.79 Å². The lowest BCUT2D eigenvalue weighted by atomic mass is 10.3. The number of benzene rings is 1. The number of hydrogen-bond acceptors (Lipinski definition) is 6. The Balaban J connectivity index is 1.89. The fraction of sp³-hybridized carbons (Fsp3) is 0.176. The molecule has 0 atom stereocenters. The molecule has 0 saturated heterocycles. The molecule has 0 spiro atoms. The number of sulfonamides is 1. The van der Waals surface area contributed by atoms with E-state index in [0.29, 0.717) is 18.0 Å². The van der Waals surface area contributed by atoms with Crippen molar-refractivity contribution in [2.24, 2.45) is 0 Å². The van der Waals surface area contributed by atoms with Crippen LogP contribution in [0.5, 0.6) is 11.5 Å². The Hall–Kier alpha value is -2.78. The van der Waals surface area contributed by atoms with Crippen molar-refractivity contribution >= 4 is 33.4 Å². The van der Waals surface area contributed by atoms with Crippen molar-refractivity contribution in [1.29, 1.82) is 0 Å². The van der Waals surface area contributed by atoms with Gasteiger partial charge in [-0.1, -0.05) is 36.7 Å². The summed E-state index contributed by atoms with van der Waals surface area (Å²) in [6, 6.07) is 11.3. The maximum Gasteiger partial charge on any atom is 0.426 e. The van der Waals surface area contributed by atoms with Gasteiger partial charge in [0, 0.05) is 0 Å². The van der Waals surface area contributed by atoms with Crippen molar-refractivity contribution in [3.8, 4) is 11.5 Å². The molecular formula is C17H16ClN3O5S. The summed E-state index contributed by atoms with van der Waals surface area (Å²) in [5.41, 5.74) is 0.292. The van der Waals surface area contributed by atoms with E-state index in [1.54, 1.807) is 30.3 Å². The molecule has 0 radical (unpaired) electrons. The van der Waals surface area contributed by atoms with E-state index in [1.165, 1.54) is 22.7 Å². The number of rotatable bonds is 6. The quantitative estimate of drug-likeness (QED) is 0.670. The molecule has 3 aromatic rings. The predicted molar refractivity (Wildman–Crippen MR) is 98.8 cm³/mol. The van der Waals surface area contributed by atoms with Gasteiger partial charge in [0.05, 0.1) is 12.8 Å². The largest absolute Gasteiger partial charge is 0.492 e. The van der Waals surface area contributed by atoms with Gasteiger partial charge in [0.2, 0.25) is 0 Å². The molecule has 0 aliphatic rings. The molecular weight excluding hydrogens is 394 g/mol. The van der Waals surface area contributed by atoms with Gasteiger partial charge in [-0.15, -0.1) is 0 Å². The van der Waals surface area contributed by atoms with Gasteiger partial charge >= 0.3 is 6.09 Å². The van der Waals surface area contributed by atoms with Crippen LogP contribution in [-0.2, 0) is 10.0 Å². The highest BCUT2D eigenvalue weighted by Gasteiger charge is 2.27. The standard InChI is InChI=1S/C17H16ClN3O5S/c1-2-10-25-13-8-9-14-19-15(18)16(21(14)11-13)27(23,24)20-17(22)26-12-6-4-3-5-7-12/h3-9,11H,2,10H2,1H3,(H,20,22). The van der Waals surface area contributed by atoms with Gasteiger partial charge in [-0.2, -0.15) is 8.42 Å². The van der Waals surface area contributed by atoms with Crippen LogP contribution in [0.15, 0.2) is 53.7 Å². The van der Waals surface area contributed by atoms with Crippen molar-refractivity contribution < 1.29 is 22.7 Å². The van der Waals surface area contributed by atoms with Crippen LogP contribution in [0.2, 0.25) is 5.15 Å². The van der Waals surface area contributed by atoms with Gasteiger partial charge < -0.3 is 9.47 Å². The second kappa shape index (κ2) is 7.85. The Labute approximate surface area is 160 Å². The van der Waals surface area contributed by atoms with Crippen molar-refractivity contribution in [3.63, 3.8) is 0 Å². The molecule has 0 bridgehead atoms. The Morgan fingerprint density at radius 3 is 2.63 bits per heavy atom. The number of para-hydroxylation sites is 1. The second-order valence-corrected chi connectivity index (χ2v) is 7.41. The molecule has 2 heterocycles. The minimum absolute atomic E-state index is 0.199. The summed E-state index contributed by atoms with van der Waals surface area (Å²) in [5, 5.41) is -0.659. The highest BCUT2D eigenvalue weighted by molar-refractivity contribution is 7.90. The Morgan fingerprint density at radius 2 is 1.93 bits per heavy atom. The summed E-state index contributed by atoms with van der Waals surface area (Å²) < 4.78 is 38.8. The van der Waals surface area contributed by atoms with E-state index in [1.807, 2.05) is 11.6 Å². The van der Waals surface area contributed by atoms with Crippen molar-refractivity contribution in [2.75, 3.05) is 6.61 Å². The molecule has 1 N–H and O–H groups in total. The molecule has 27 heavy (non-hydrogen) atoms. The third-order valence-electron chi connectivity index (χ3n) is 3.41. The van der Waals surface area contributed by atoms with E-state index in [4.69, 9.17) is 21.1 Å². The number of ether oxygens (including phenoxy) is 2. The molecule has 0 unspecified atom stereocenters. The molecule has 2 aromatic heterocycles. The average Bonchev–Trinajstić information content (AvgIpc) is 2.96. The summed E-state index contributed by atoms with van der Waals surface area (Å²) in [5.74, 6) is 0.645. The maximum atomic E-state index is 12.7. The van der Waals surface area contributed by atoms with Crippen LogP contribution < -0.4 is 14.2 Å². The van der Waals surface area contributed by atoms with Crippen molar-refractivity contribution in [3.05, 3.63) is 53.8 Å². The number of hydrogen-bond donors (Lipinski definition) is 1. The van der Waals surface area contributed by atoms with E-state index in [-0.39, 0.29) is 15.9 Å². The summed E-state index contributed by atoms with van der Waals surface area (Å²) in [6.07, 6.45) is 1.08. The average molecular weight is 410 g/mol. The lowest BCUT2D eigenvalue weighted by molar-refractivity contribution is 0.207. The third-order valence-corrected chi connectivity index (χ3v) is 5.12. The van der Waals surface area contributed by atoms with Gasteiger partial charge in [0.1, 0.15) is 17.1 Å². The number of aromatic nitrogens is 2. The minimum Gasteiger partial charge on any atom is -0.492 e. The molecule has 142 valence electrons. The molecule has 0 aliphatic heterocycles. The molecule has 0 aliphatic carbocycles. The molecule has 0 saturated carbocycles. The van der Waals surface area contributed by atoms with E-state index in [0.717, 1.165) is 6.42 Å². The highest BCUT2D eigenvalue weighted by Crippen LogP contribution is 2.25. The normalized spacial score (nSPS) is 11.3. The monoisotopic (exact) mass is 409 g/mol. The molecule has 1 aromatic carbocycles. The molecule has 0 fully saturated rings. The highest BCUT2D eigenvalue weighted by atomic mass is 35.5. The third kappa shape index (κ3) is 4.32. The zero-order chi connectivity index (χ0) is 19.4. The number of halogens is 1. The maximum absolute atomic E-state index is 12.7. The zero-order valence-electron chi connectivity index (χ0n) is 14.3. The fourth-order valence-electron chi connectivity index (χ4n) is 2.30. The first kappa shape index (κ1) is 19.0. The van der Waals surface area contributed by atoms with Crippen LogP contribution in [0.3, 0.4) is 0 Å². The smallest absolute Gasteiger partial charge is 0.426 e. The van der Waals surface area contributed by atoms with Crippen LogP contribution >= 0.6 is 11.6 Å². The Morgan fingerprint density at radius 1 is 1.19 bits per heavy atom. The summed E-state index contributed by atoms with van der Waals surface area (Å²) >= 11 is 6.01. The van der Waals surface area contributed by atoms with Crippen LogP contribution in [0.1, 0.15) is 13.3 Å². The van der Waals surface area contributed by atoms with Gasteiger partial charge in [-0.05, 0) is 30.7 Å². The van der Waals surface area contributed by atoms with E-state index < -0.39 is 16.1 Å². The van der Waals surface area contributed by atoms with Crippen molar-refractivity contribution in [1.82, 2.24) is 14.1 Å². The number of pyridine rings is 1. The minimum atomic E-state index is -4.34. The topological polar surface area (TPSA) is 99.0 Å². The van der Waals surface area contributed by atoms with Crippen LogP contribution in [-0.4, -0.2) is 30.5 Å². The number of nitrogens with zero attached hydrogens (tertiary/aromatic N) is 2. The lowest BCUT2D eigenvalue weighted by Gasteiger charge is -2.09. The number of amides is 1. The number of imidazole rings is 1. The van der Waals surface area contributed by atoms with E-state index in [9.17, 15) is 13.2 Å². The number of carbonyl (C=O) groups excluding carboxylic acids is 1. The van der Waals surface area contributed by atoms with Crippen LogP contribution in [0.25, 0.3) is 5.65 Å². The molecule has 1 amide bonds. The number of fused-ring (bicyclic) bond motifs is 1. The first-order chi connectivity index (χ1) is 12.9. The van der Waals surface area contributed by atoms with Crippen LogP contribution in [0, 0.1) is 0 Å². The molecule has 8 nitrogen and oxygen atoms in total.